The van der Waals surface area contributed by atoms with Crippen molar-refractivity contribution < 1.29 is 26.2 Å². The van der Waals surface area contributed by atoms with Crippen LogP contribution in [0, 0.1) is 0 Å². The van der Waals surface area contributed by atoms with Gasteiger partial charge in [0.1, 0.15) is 10.6 Å². The average molecular weight is 431 g/mol. The monoisotopic (exact) mass is 430 g/mol. The van der Waals surface area contributed by atoms with E-state index in [1.165, 1.54) is 24.3 Å². The van der Waals surface area contributed by atoms with Crippen LogP contribution in [0.3, 0.4) is 0 Å². The molecule has 0 heterocycles. The summed E-state index contributed by atoms with van der Waals surface area (Å²) < 4.78 is 57.8. The smallest absolute Gasteiger partial charge is 0.313 e. The molecule has 2 aromatic carbocycles. The number of hydrogen-bond acceptors (Lipinski definition) is 7. The molecular formula is C18H26N2O6S2. The molecule has 10 heteroatoms. The molecule has 28 heavy (non-hydrogen) atoms. The highest BCUT2D eigenvalue weighted by molar-refractivity contribution is 7.89. The average Bonchev–Trinajstić information content (AvgIpc) is 2.64. The minimum absolute atomic E-state index is 0.0993. The quantitative estimate of drug-likeness (QED) is 0.370. The number of nitrogens with one attached hydrogen (secondary N) is 2. The van der Waals surface area contributed by atoms with Crippen LogP contribution < -0.4 is 10.2 Å². The third kappa shape index (κ3) is 5.42. The van der Waals surface area contributed by atoms with Crippen LogP contribution >= 0.6 is 0 Å². The Morgan fingerprint density at radius 3 is 2.29 bits per heavy atom. The predicted octanol–water partition coefficient (Wildman–Crippen LogP) is 2.63. The largest absolute Gasteiger partial charge is 0.508 e. The molecule has 0 spiro atoms. The third-order valence-electron chi connectivity index (χ3n) is 4.09. The van der Waals surface area contributed by atoms with Gasteiger partial charge in [0.15, 0.2) is 0 Å². The molecule has 0 aliphatic rings. The molecule has 0 aliphatic heterocycles. The molecular weight excluding hydrogens is 404 g/mol. The van der Waals surface area contributed by atoms with Crippen molar-refractivity contribution in [2.24, 2.45) is 0 Å². The number of sulfonamides is 1. The van der Waals surface area contributed by atoms with Crippen molar-refractivity contribution in [2.45, 2.75) is 49.3 Å². The fourth-order valence-corrected chi connectivity index (χ4v) is 4.95. The number of benzene rings is 2. The van der Waals surface area contributed by atoms with Crippen molar-refractivity contribution in [3.05, 3.63) is 30.3 Å². The lowest BCUT2D eigenvalue weighted by molar-refractivity contribution is 0.202. The van der Waals surface area contributed by atoms with Crippen LogP contribution in [0.1, 0.15) is 39.5 Å². The van der Waals surface area contributed by atoms with Gasteiger partial charge in [0, 0.05) is 29.9 Å². The van der Waals surface area contributed by atoms with Gasteiger partial charge in [-0.25, -0.2) is 13.1 Å². The number of unbranched alkanes of at least 4 members (excludes halogenated alkanes) is 2. The van der Waals surface area contributed by atoms with Gasteiger partial charge in [0.2, 0.25) is 10.0 Å². The van der Waals surface area contributed by atoms with Gasteiger partial charge in [-0.3, -0.25) is 0 Å². The SMILES string of the molecule is CCCCNOS(=O)(=O)c1cc(O)cc2c(S(=O)(=O)NCCCC)cccc12. The zero-order valence-electron chi connectivity index (χ0n) is 15.9. The van der Waals surface area contributed by atoms with Crippen LogP contribution in [-0.2, 0) is 24.4 Å². The van der Waals surface area contributed by atoms with Crippen molar-refractivity contribution >= 4 is 30.9 Å². The maximum Gasteiger partial charge on any atom is 0.313 e. The first kappa shape index (κ1) is 22.6. The van der Waals surface area contributed by atoms with E-state index in [0.29, 0.717) is 13.0 Å². The Labute approximate surface area is 166 Å². The summed E-state index contributed by atoms with van der Waals surface area (Å²) in [5.41, 5.74) is 2.39. The van der Waals surface area contributed by atoms with Crippen LogP contribution in [0.15, 0.2) is 40.1 Å². The Bertz CT molecular complexity index is 1020. The summed E-state index contributed by atoms with van der Waals surface area (Å²) in [5, 5.41) is 10.3. The molecule has 0 amide bonds. The number of rotatable bonds is 11. The van der Waals surface area contributed by atoms with Crippen LogP contribution in [0.2, 0.25) is 0 Å². The molecule has 0 saturated heterocycles. The van der Waals surface area contributed by atoms with E-state index >= 15 is 0 Å². The maximum absolute atomic E-state index is 12.7. The molecule has 156 valence electrons. The van der Waals surface area contributed by atoms with Gasteiger partial charge >= 0.3 is 10.1 Å². The Morgan fingerprint density at radius 2 is 1.61 bits per heavy atom. The molecule has 2 rings (SSSR count). The fraction of sp³-hybridized carbons (Fsp3) is 0.444. The summed E-state index contributed by atoms with van der Waals surface area (Å²) in [5.74, 6) is -0.376. The number of fused-ring (bicyclic) bond motifs is 1. The highest BCUT2D eigenvalue weighted by Gasteiger charge is 2.24. The zero-order chi connectivity index (χ0) is 20.8. The fourth-order valence-electron chi connectivity index (χ4n) is 2.62. The molecule has 0 radical (unpaired) electrons. The van der Waals surface area contributed by atoms with Gasteiger partial charge in [-0.15, -0.1) is 0 Å². The minimum atomic E-state index is -4.26. The first-order valence-electron chi connectivity index (χ1n) is 9.14. The van der Waals surface area contributed by atoms with Gasteiger partial charge in [-0.05, 0) is 25.0 Å². The van der Waals surface area contributed by atoms with E-state index in [4.69, 9.17) is 4.28 Å². The Morgan fingerprint density at radius 1 is 0.929 bits per heavy atom. The van der Waals surface area contributed by atoms with Crippen molar-refractivity contribution in [1.82, 2.24) is 10.2 Å². The van der Waals surface area contributed by atoms with Crippen LogP contribution in [0.4, 0.5) is 0 Å². The second kappa shape index (κ2) is 9.66. The summed E-state index contributed by atoms with van der Waals surface area (Å²) in [6.45, 7) is 4.50. The van der Waals surface area contributed by atoms with Crippen molar-refractivity contribution in [3.63, 3.8) is 0 Å². The summed E-state index contributed by atoms with van der Waals surface area (Å²) in [6.07, 6.45) is 3.08. The Kier molecular flexibility index (Phi) is 7.79. The van der Waals surface area contributed by atoms with Crippen LogP contribution in [-0.4, -0.2) is 35.0 Å². The van der Waals surface area contributed by atoms with Crippen molar-refractivity contribution in [3.8, 4) is 5.75 Å². The third-order valence-corrected chi connectivity index (χ3v) is 6.82. The van der Waals surface area contributed by atoms with E-state index in [1.54, 1.807) is 0 Å². The number of hydroxylamine groups is 1. The normalized spacial score (nSPS) is 12.5. The number of phenols is 1. The van der Waals surface area contributed by atoms with Crippen LogP contribution in [0.5, 0.6) is 5.75 Å². The molecule has 0 aliphatic carbocycles. The van der Waals surface area contributed by atoms with E-state index in [1.807, 2.05) is 13.8 Å². The number of phenolic OH excluding ortho intramolecular Hbond substituents is 1. The lowest BCUT2D eigenvalue weighted by Gasteiger charge is -2.13. The lowest BCUT2D eigenvalue weighted by Crippen LogP contribution is -2.25. The van der Waals surface area contributed by atoms with Gasteiger partial charge < -0.3 is 5.11 Å². The summed E-state index contributed by atoms with van der Waals surface area (Å²) in [4.78, 5) is -0.412. The van der Waals surface area contributed by atoms with E-state index in [-0.39, 0.29) is 32.9 Å². The molecule has 2 aromatic rings. The lowest BCUT2D eigenvalue weighted by atomic mass is 10.1. The minimum Gasteiger partial charge on any atom is -0.508 e. The molecule has 3 N–H and O–H groups in total. The first-order chi connectivity index (χ1) is 13.2. The highest BCUT2D eigenvalue weighted by Crippen LogP contribution is 2.33. The topological polar surface area (TPSA) is 122 Å². The molecule has 0 atom stereocenters. The van der Waals surface area contributed by atoms with Crippen LogP contribution in [0.25, 0.3) is 10.8 Å². The molecule has 0 aromatic heterocycles. The van der Waals surface area contributed by atoms with E-state index in [0.717, 1.165) is 25.3 Å². The van der Waals surface area contributed by atoms with Gasteiger partial charge in [0.25, 0.3) is 0 Å². The summed E-state index contributed by atoms with van der Waals surface area (Å²) in [6, 6.07) is 6.57. The standard InChI is InChI=1S/C18H26N2O6S2/c1-3-5-10-19-26-28(24,25)18-13-14(21)12-16-15(18)8-7-9-17(16)27(22,23)20-11-6-4-2/h7-9,12-13,19-21H,3-6,10-11H2,1-2H3. The first-order valence-corrected chi connectivity index (χ1v) is 12.0. The van der Waals surface area contributed by atoms with E-state index in [2.05, 4.69) is 10.2 Å². The summed E-state index contributed by atoms with van der Waals surface area (Å²) in [7, 11) is -8.13. The number of hydrogen-bond donors (Lipinski definition) is 3. The van der Waals surface area contributed by atoms with E-state index < -0.39 is 20.1 Å². The second-order valence-electron chi connectivity index (χ2n) is 6.33. The zero-order valence-corrected chi connectivity index (χ0v) is 17.6. The number of aromatic hydroxyl groups is 1. The second-order valence-corrected chi connectivity index (χ2v) is 9.58. The molecule has 8 nitrogen and oxygen atoms in total. The van der Waals surface area contributed by atoms with Gasteiger partial charge in [0.05, 0.1) is 4.90 Å². The highest BCUT2D eigenvalue weighted by atomic mass is 32.2. The molecule has 0 bridgehead atoms. The molecule has 0 saturated carbocycles. The molecule has 0 fully saturated rings. The Balaban J connectivity index is 2.51. The van der Waals surface area contributed by atoms with Crippen molar-refractivity contribution in [1.29, 1.82) is 0 Å². The predicted molar refractivity (Wildman–Crippen MR) is 107 cm³/mol. The molecule has 0 unspecified atom stereocenters. The Hall–Kier alpha value is -1.72. The van der Waals surface area contributed by atoms with Gasteiger partial charge in [-0.1, -0.05) is 38.8 Å². The van der Waals surface area contributed by atoms with E-state index in [9.17, 15) is 21.9 Å². The van der Waals surface area contributed by atoms with Gasteiger partial charge in [-0.2, -0.15) is 18.2 Å². The maximum atomic E-state index is 12.7. The van der Waals surface area contributed by atoms with Crippen molar-refractivity contribution in [2.75, 3.05) is 13.1 Å². The summed E-state index contributed by atoms with van der Waals surface area (Å²) >= 11 is 0.